The molecule has 0 saturated carbocycles. The first-order valence-electron chi connectivity index (χ1n) is 15.6. The number of hydrogen-bond acceptors (Lipinski definition) is 7. The molecule has 4 N–H and O–H groups in total. The average molecular weight is 604 g/mol. The molecule has 0 bridgehead atoms. The minimum atomic E-state index is -0.687. The summed E-state index contributed by atoms with van der Waals surface area (Å²) in [7, 11) is 0. The Morgan fingerprint density at radius 3 is 2.39 bits per heavy atom. The monoisotopic (exact) mass is 603 g/mol. The van der Waals surface area contributed by atoms with Crippen molar-refractivity contribution in [2.45, 2.75) is 64.2 Å². The summed E-state index contributed by atoms with van der Waals surface area (Å²) in [6.07, 6.45) is 6.29. The fourth-order valence-electron chi connectivity index (χ4n) is 5.32. The number of benzene rings is 3. The maximum absolute atomic E-state index is 13.0. The number of aliphatic hydroxyl groups excluding tert-OH is 2. The zero-order valence-corrected chi connectivity index (χ0v) is 25.4. The van der Waals surface area contributed by atoms with Crippen LogP contribution in [0.5, 0.6) is 5.75 Å². The Balaban J connectivity index is 1.03. The molecule has 0 unspecified atom stereocenters. The van der Waals surface area contributed by atoms with Crippen LogP contribution in [0.15, 0.2) is 72.8 Å². The molecule has 236 valence electrons. The maximum Gasteiger partial charge on any atom is 0.332 e. The quantitative estimate of drug-likeness (QED) is 0.111. The molecule has 9 nitrogen and oxygen atoms in total. The minimum Gasteiger partial charge on any atom is -0.508 e. The van der Waals surface area contributed by atoms with E-state index in [1.807, 2.05) is 54.6 Å². The second kappa shape index (κ2) is 17.5. The number of unbranched alkanes of at least 4 members (excludes halogenated alkanes) is 4. The zero-order chi connectivity index (χ0) is 31.1. The van der Waals surface area contributed by atoms with E-state index in [9.17, 15) is 24.9 Å². The third-order valence-corrected chi connectivity index (χ3v) is 7.82. The van der Waals surface area contributed by atoms with E-state index in [0.29, 0.717) is 36.5 Å². The molecule has 1 aliphatic heterocycles. The Morgan fingerprint density at radius 2 is 1.59 bits per heavy atom. The molecule has 9 heteroatoms. The molecule has 0 aromatic heterocycles. The lowest BCUT2D eigenvalue weighted by molar-refractivity contribution is -0.116. The molecule has 0 aliphatic carbocycles. The number of aromatic hydroxyl groups is 1. The van der Waals surface area contributed by atoms with Gasteiger partial charge in [-0.1, -0.05) is 61.4 Å². The van der Waals surface area contributed by atoms with Crippen LogP contribution in [0.4, 0.5) is 10.5 Å². The molecule has 4 rings (SSSR count). The molecule has 0 radical (unpaired) electrons. The van der Waals surface area contributed by atoms with Crippen LogP contribution >= 0.6 is 0 Å². The van der Waals surface area contributed by atoms with Gasteiger partial charge in [-0.05, 0) is 79.6 Å². The van der Waals surface area contributed by atoms with E-state index in [1.165, 1.54) is 11.0 Å². The summed E-state index contributed by atoms with van der Waals surface area (Å²) in [5.74, 6) is -0.166. The van der Waals surface area contributed by atoms with Gasteiger partial charge in [0, 0.05) is 31.9 Å². The Labute approximate surface area is 260 Å². The van der Waals surface area contributed by atoms with Gasteiger partial charge in [0.2, 0.25) is 0 Å². The number of urea groups is 1. The van der Waals surface area contributed by atoms with Crippen molar-refractivity contribution in [1.82, 2.24) is 10.2 Å². The van der Waals surface area contributed by atoms with Gasteiger partial charge >= 0.3 is 6.03 Å². The highest BCUT2D eigenvalue weighted by molar-refractivity contribution is 6.19. The first-order valence-corrected chi connectivity index (χ1v) is 15.6. The molecule has 3 aromatic rings. The van der Waals surface area contributed by atoms with Gasteiger partial charge in [0.25, 0.3) is 5.91 Å². The molecular weight excluding hydrogens is 558 g/mol. The highest BCUT2D eigenvalue weighted by atomic mass is 16.5. The van der Waals surface area contributed by atoms with Gasteiger partial charge in [0.05, 0.1) is 18.4 Å². The fourth-order valence-corrected chi connectivity index (χ4v) is 5.32. The first kappa shape index (κ1) is 33.1. The second-order valence-corrected chi connectivity index (χ2v) is 11.3. The van der Waals surface area contributed by atoms with E-state index in [-0.39, 0.29) is 30.8 Å². The first-order chi connectivity index (χ1) is 21.5. The van der Waals surface area contributed by atoms with Gasteiger partial charge in [0.15, 0.2) is 0 Å². The molecule has 1 heterocycles. The number of aryl methyl sites for hydroxylation is 1. The fraction of sp³-hybridized carbons (Fsp3) is 0.429. The predicted octanol–water partition coefficient (Wildman–Crippen LogP) is 5.08. The van der Waals surface area contributed by atoms with Crippen LogP contribution < -0.4 is 10.2 Å². The number of carbonyl (C=O) groups is 2. The lowest BCUT2D eigenvalue weighted by Crippen LogP contribution is -2.32. The summed E-state index contributed by atoms with van der Waals surface area (Å²) in [6, 6.07) is 21.9. The number of hydrogen-bond donors (Lipinski definition) is 4. The normalized spacial score (nSPS) is 14.0. The number of amides is 3. The van der Waals surface area contributed by atoms with Gasteiger partial charge in [0.1, 0.15) is 12.3 Å². The van der Waals surface area contributed by atoms with Gasteiger partial charge in [-0.3, -0.25) is 4.79 Å². The summed E-state index contributed by atoms with van der Waals surface area (Å²) >= 11 is 0. The number of imide groups is 1. The Morgan fingerprint density at radius 1 is 0.841 bits per heavy atom. The van der Waals surface area contributed by atoms with Crippen molar-refractivity contribution in [3.05, 3.63) is 95.1 Å². The van der Waals surface area contributed by atoms with Gasteiger partial charge < -0.3 is 30.3 Å². The lowest BCUT2D eigenvalue weighted by atomic mass is 10.1. The maximum atomic E-state index is 13.0. The van der Waals surface area contributed by atoms with Crippen LogP contribution in [0, 0.1) is 0 Å². The number of rotatable bonds is 19. The third kappa shape index (κ3) is 9.89. The minimum absolute atomic E-state index is 0.0327. The second-order valence-electron chi connectivity index (χ2n) is 11.3. The molecule has 0 spiro atoms. The molecule has 3 aromatic carbocycles. The van der Waals surface area contributed by atoms with Gasteiger partial charge in [-0.15, -0.1) is 0 Å². The molecule has 1 aliphatic rings. The van der Waals surface area contributed by atoms with Crippen LogP contribution in [0.1, 0.15) is 66.9 Å². The van der Waals surface area contributed by atoms with Crippen molar-refractivity contribution in [2.24, 2.45) is 0 Å². The van der Waals surface area contributed by atoms with E-state index >= 15 is 0 Å². The number of anilines is 1. The zero-order valence-electron chi connectivity index (χ0n) is 25.4. The van der Waals surface area contributed by atoms with E-state index < -0.39 is 6.10 Å². The van der Waals surface area contributed by atoms with Crippen molar-refractivity contribution in [3.63, 3.8) is 0 Å². The van der Waals surface area contributed by atoms with Crippen molar-refractivity contribution in [3.8, 4) is 5.75 Å². The number of nitrogens with one attached hydrogen (secondary N) is 1. The van der Waals surface area contributed by atoms with Crippen LogP contribution in [0.25, 0.3) is 0 Å². The van der Waals surface area contributed by atoms with Gasteiger partial charge in [-0.25, -0.2) is 9.69 Å². The van der Waals surface area contributed by atoms with Gasteiger partial charge in [-0.2, -0.15) is 0 Å². The van der Waals surface area contributed by atoms with Crippen LogP contribution in [-0.4, -0.2) is 65.0 Å². The Hall–Kier alpha value is -3.76. The van der Waals surface area contributed by atoms with E-state index in [1.54, 1.807) is 17.0 Å². The summed E-state index contributed by atoms with van der Waals surface area (Å²) < 4.78 is 5.81. The van der Waals surface area contributed by atoms with Crippen LogP contribution in [0.2, 0.25) is 0 Å². The number of aliphatic hydroxyl groups is 2. The molecule has 1 fully saturated rings. The average Bonchev–Trinajstić information content (AvgIpc) is 3.31. The molecule has 3 amide bonds. The largest absolute Gasteiger partial charge is 0.508 e. The summed E-state index contributed by atoms with van der Waals surface area (Å²) in [6.45, 7) is 2.94. The van der Waals surface area contributed by atoms with Crippen molar-refractivity contribution in [2.75, 3.05) is 37.7 Å². The topological polar surface area (TPSA) is 123 Å². The number of ether oxygens (including phenoxy) is 1. The van der Waals surface area contributed by atoms with Crippen molar-refractivity contribution in [1.29, 1.82) is 0 Å². The summed E-state index contributed by atoms with van der Waals surface area (Å²) in [5, 5.41) is 32.5. The summed E-state index contributed by atoms with van der Waals surface area (Å²) in [4.78, 5) is 28.6. The Bertz CT molecular complexity index is 1340. The van der Waals surface area contributed by atoms with Crippen molar-refractivity contribution < 1.29 is 29.6 Å². The van der Waals surface area contributed by atoms with Crippen LogP contribution in [0.3, 0.4) is 0 Å². The molecule has 44 heavy (non-hydrogen) atoms. The standard InChI is InChI=1S/C35H45N3O6/c39-26-30-22-29(16-17-32(30)40)33(41)23-36-18-7-1-2-8-19-44-20-9-6-11-27-14-10-15-31(21-27)38-34(42)25-37(35(38)43)24-28-12-4-3-5-13-28/h3-5,10,12-17,21-22,33,36,39-41H,1-2,6-9,11,18-20,23-26H2/t33-/m0/s1. The molecular formula is C35H45N3O6. The van der Waals surface area contributed by atoms with Crippen molar-refractivity contribution >= 4 is 17.6 Å². The lowest BCUT2D eigenvalue weighted by Gasteiger charge is -2.18. The highest BCUT2D eigenvalue weighted by Crippen LogP contribution is 2.25. The van der Waals surface area contributed by atoms with E-state index in [2.05, 4.69) is 5.32 Å². The molecule has 1 atom stereocenters. The number of phenols is 1. The van der Waals surface area contributed by atoms with Crippen LogP contribution in [-0.2, 0) is 29.1 Å². The smallest absolute Gasteiger partial charge is 0.332 e. The summed E-state index contributed by atoms with van der Waals surface area (Å²) in [5.41, 5.74) is 3.81. The third-order valence-electron chi connectivity index (χ3n) is 7.82. The number of nitrogens with zero attached hydrogens (tertiary/aromatic N) is 2. The number of carbonyl (C=O) groups excluding carboxylic acids is 2. The molecule has 1 saturated heterocycles. The predicted molar refractivity (Wildman–Crippen MR) is 170 cm³/mol. The Kier molecular flexibility index (Phi) is 13.2. The SMILES string of the molecule is O=C1CN(Cc2ccccc2)C(=O)N1c1cccc(CCCCOCCCCCCNC[C@H](O)c2ccc(O)c(CO)c2)c1. The van der Waals surface area contributed by atoms with E-state index in [0.717, 1.165) is 69.2 Å². The highest BCUT2D eigenvalue weighted by Gasteiger charge is 2.37. The van der Waals surface area contributed by atoms with E-state index in [4.69, 9.17) is 4.74 Å².